The molecule has 0 fully saturated rings. The Morgan fingerprint density at radius 1 is 1.67 bits per heavy atom. The number of carbonyl (C=O) groups excluding carboxylic acids is 1. The van der Waals surface area contributed by atoms with Crippen LogP contribution in [0.25, 0.3) is 0 Å². The maximum atomic E-state index is 12.4. The highest BCUT2D eigenvalue weighted by atomic mass is 19.3. The molecule has 0 N–H and O–H groups in total. The Kier molecular flexibility index (Phi) is 3.29. The van der Waals surface area contributed by atoms with Crippen LogP contribution < -0.4 is 0 Å². The Labute approximate surface area is 84.1 Å². The van der Waals surface area contributed by atoms with Crippen molar-refractivity contribution < 1.29 is 18.3 Å². The number of alkyl halides is 2. The molecule has 1 aromatic rings. The van der Waals surface area contributed by atoms with Gasteiger partial charge in [0.2, 0.25) is 0 Å². The van der Waals surface area contributed by atoms with E-state index in [0.717, 1.165) is 19.4 Å². The molecule has 0 unspecified atom stereocenters. The predicted octanol–water partition coefficient (Wildman–Crippen LogP) is 1.68. The lowest BCUT2D eigenvalue weighted by Crippen LogP contribution is -2.08. The third kappa shape index (κ3) is 2.26. The summed E-state index contributed by atoms with van der Waals surface area (Å²) in [6.07, 6.45) is -1.90. The van der Waals surface area contributed by atoms with E-state index in [-0.39, 0.29) is 11.1 Å². The van der Waals surface area contributed by atoms with E-state index in [4.69, 9.17) is 5.26 Å². The van der Waals surface area contributed by atoms with Gasteiger partial charge in [0.1, 0.15) is 11.8 Å². The number of ether oxygens (including phenoxy) is 1. The summed E-state index contributed by atoms with van der Waals surface area (Å²) in [4.78, 5) is 14.4. The van der Waals surface area contributed by atoms with Gasteiger partial charge in [-0.05, 0) is 6.07 Å². The molecule has 0 aliphatic heterocycles. The van der Waals surface area contributed by atoms with Crippen molar-refractivity contribution in [2.75, 3.05) is 7.11 Å². The van der Waals surface area contributed by atoms with E-state index in [1.165, 1.54) is 0 Å². The lowest BCUT2D eigenvalue weighted by Gasteiger charge is -2.05. The number of nitriles is 1. The molecule has 1 heterocycles. The summed E-state index contributed by atoms with van der Waals surface area (Å²) in [5.74, 6) is -0.935. The number of hydrogen-bond donors (Lipinski definition) is 0. The first kappa shape index (κ1) is 11.0. The number of aromatic nitrogens is 1. The number of pyridine rings is 1. The standard InChI is InChI=1S/C9H6F2N2O2/c1-15-9(14)6-2-5(3-12)4-13-7(6)8(10)11/h2,4,8H,1H3. The van der Waals surface area contributed by atoms with Crippen LogP contribution in [-0.2, 0) is 4.74 Å². The number of nitrogens with zero attached hydrogens (tertiary/aromatic N) is 2. The van der Waals surface area contributed by atoms with Gasteiger partial charge in [0.25, 0.3) is 6.43 Å². The van der Waals surface area contributed by atoms with Crippen molar-refractivity contribution in [3.63, 3.8) is 0 Å². The fourth-order valence-electron chi connectivity index (χ4n) is 0.984. The summed E-state index contributed by atoms with van der Waals surface area (Å²) in [5, 5.41) is 8.52. The lowest BCUT2D eigenvalue weighted by molar-refractivity contribution is 0.0587. The van der Waals surface area contributed by atoms with E-state index in [2.05, 4.69) is 9.72 Å². The summed E-state index contributed by atoms with van der Waals surface area (Å²) in [6.45, 7) is 0. The third-order valence-electron chi connectivity index (χ3n) is 1.66. The van der Waals surface area contributed by atoms with Gasteiger partial charge < -0.3 is 4.74 Å². The fraction of sp³-hybridized carbons (Fsp3) is 0.222. The molecule has 6 heteroatoms. The van der Waals surface area contributed by atoms with E-state index in [1.807, 2.05) is 0 Å². The van der Waals surface area contributed by atoms with Gasteiger partial charge in [-0.25, -0.2) is 13.6 Å². The van der Waals surface area contributed by atoms with Gasteiger partial charge in [-0.2, -0.15) is 5.26 Å². The first-order chi connectivity index (χ1) is 7.10. The van der Waals surface area contributed by atoms with Crippen molar-refractivity contribution in [1.29, 1.82) is 5.26 Å². The Bertz CT molecular complexity index is 427. The normalized spacial score (nSPS) is 9.80. The maximum Gasteiger partial charge on any atom is 0.339 e. The SMILES string of the molecule is COC(=O)c1cc(C#N)cnc1C(F)F. The van der Waals surface area contributed by atoms with Crippen LogP contribution in [0.2, 0.25) is 0 Å². The topological polar surface area (TPSA) is 63.0 Å². The molecular weight excluding hydrogens is 206 g/mol. The van der Waals surface area contributed by atoms with Crippen LogP contribution in [0.15, 0.2) is 12.3 Å². The van der Waals surface area contributed by atoms with Crippen molar-refractivity contribution in [1.82, 2.24) is 4.98 Å². The van der Waals surface area contributed by atoms with Gasteiger partial charge >= 0.3 is 5.97 Å². The van der Waals surface area contributed by atoms with E-state index in [9.17, 15) is 13.6 Å². The highest BCUT2D eigenvalue weighted by Crippen LogP contribution is 2.21. The van der Waals surface area contributed by atoms with Crippen LogP contribution in [-0.4, -0.2) is 18.1 Å². The zero-order valence-electron chi connectivity index (χ0n) is 7.70. The van der Waals surface area contributed by atoms with Crippen molar-refractivity contribution in [2.24, 2.45) is 0 Å². The molecule has 0 aliphatic carbocycles. The first-order valence-electron chi connectivity index (χ1n) is 3.86. The molecule has 0 atom stereocenters. The average Bonchev–Trinajstić information content (AvgIpc) is 2.26. The zero-order chi connectivity index (χ0) is 11.4. The Balaban J connectivity index is 3.30. The predicted molar refractivity (Wildman–Crippen MR) is 45.2 cm³/mol. The summed E-state index contributed by atoms with van der Waals surface area (Å²) >= 11 is 0. The molecule has 4 nitrogen and oxygen atoms in total. The smallest absolute Gasteiger partial charge is 0.339 e. The largest absolute Gasteiger partial charge is 0.465 e. The highest BCUT2D eigenvalue weighted by molar-refractivity contribution is 5.90. The molecule has 0 bridgehead atoms. The van der Waals surface area contributed by atoms with E-state index < -0.39 is 18.1 Å². The summed E-state index contributed by atoms with van der Waals surface area (Å²) < 4.78 is 29.1. The molecule has 0 aromatic carbocycles. The summed E-state index contributed by atoms with van der Waals surface area (Å²) in [6, 6.07) is 2.73. The van der Waals surface area contributed by atoms with Crippen LogP contribution in [0.1, 0.15) is 28.0 Å². The van der Waals surface area contributed by atoms with Gasteiger partial charge in [0.15, 0.2) is 0 Å². The zero-order valence-corrected chi connectivity index (χ0v) is 7.70. The van der Waals surface area contributed by atoms with Gasteiger partial charge in [-0.3, -0.25) is 4.98 Å². The maximum absolute atomic E-state index is 12.4. The molecule has 1 aromatic heterocycles. The summed E-state index contributed by atoms with van der Waals surface area (Å²) in [5.41, 5.74) is -1.03. The van der Waals surface area contributed by atoms with Crippen molar-refractivity contribution >= 4 is 5.97 Å². The van der Waals surface area contributed by atoms with E-state index in [1.54, 1.807) is 6.07 Å². The molecular formula is C9H6F2N2O2. The van der Waals surface area contributed by atoms with Crippen LogP contribution in [0.5, 0.6) is 0 Å². The van der Waals surface area contributed by atoms with Crippen LogP contribution >= 0.6 is 0 Å². The third-order valence-corrected chi connectivity index (χ3v) is 1.66. The minimum absolute atomic E-state index is 0.0276. The fourth-order valence-corrected chi connectivity index (χ4v) is 0.984. The van der Waals surface area contributed by atoms with Gasteiger partial charge in [0, 0.05) is 6.20 Å². The second-order valence-electron chi connectivity index (χ2n) is 2.56. The molecule has 0 aliphatic rings. The minimum Gasteiger partial charge on any atom is -0.465 e. The Morgan fingerprint density at radius 3 is 2.80 bits per heavy atom. The number of methoxy groups -OCH3 is 1. The second-order valence-corrected chi connectivity index (χ2v) is 2.56. The Hall–Kier alpha value is -2.03. The molecule has 0 spiro atoms. The number of rotatable bonds is 2. The van der Waals surface area contributed by atoms with Crippen LogP contribution in [0.3, 0.4) is 0 Å². The Morgan fingerprint density at radius 2 is 2.33 bits per heavy atom. The number of hydrogen-bond acceptors (Lipinski definition) is 4. The number of carbonyl (C=O) groups is 1. The van der Waals surface area contributed by atoms with Crippen molar-refractivity contribution in [2.45, 2.75) is 6.43 Å². The minimum atomic E-state index is -2.88. The first-order valence-corrected chi connectivity index (χ1v) is 3.86. The van der Waals surface area contributed by atoms with Crippen LogP contribution in [0, 0.1) is 11.3 Å². The van der Waals surface area contributed by atoms with Gasteiger partial charge in [0.05, 0.1) is 18.2 Å². The van der Waals surface area contributed by atoms with Crippen molar-refractivity contribution in [3.8, 4) is 6.07 Å². The van der Waals surface area contributed by atoms with Crippen molar-refractivity contribution in [3.05, 3.63) is 29.1 Å². The van der Waals surface area contributed by atoms with Gasteiger partial charge in [-0.1, -0.05) is 0 Å². The number of halogens is 2. The quantitative estimate of drug-likeness (QED) is 0.699. The molecule has 15 heavy (non-hydrogen) atoms. The average molecular weight is 212 g/mol. The summed E-state index contributed by atoms with van der Waals surface area (Å²) in [7, 11) is 1.07. The van der Waals surface area contributed by atoms with E-state index >= 15 is 0 Å². The molecule has 0 saturated carbocycles. The lowest BCUT2D eigenvalue weighted by atomic mass is 10.1. The molecule has 0 saturated heterocycles. The van der Waals surface area contributed by atoms with Crippen LogP contribution in [0.4, 0.5) is 8.78 Å². The monoisotopic (exact) mass is 212 g/mol. The number of esters is 1. The second kappa shape index (κ2) is 4.46. The highest BCUT2D eigenvalue weighted by Gasteiger charge is 2.21. The van der Waals surface area contributed by atoms with E-state index in [0.29, 0.717) is 0 Å². The molecule has 78 valence electrons. The molecule has 1 rings (SSSR count). The van der Waals surface area contributed by atoms with Gasteiger partial charge in [-0.15, -0.1) is 0 Å². The molecule has 0 radical (unpaired) electrons. The molecule has 0 amide bonds.